The van der Waals surface area contributed by atoms with Crippen LogP contribution in [0.15, 0.2) is 24.5 Å². The molecule has 1 aromatic heterocycles. The zero-order chi connectivity index (χ0) is 20.0. The summed E-state index contributed by atoms with van der Waals surface area (Å²) in [4.78, 5) is 35.3. The standard InChI is InChI=1S/C21H32N4O3/c1-23(12-13-28-2)15-20(27)24-11-3-7-21(16-24)8-4-19(26)25(17-21)14-18-5-9-22-10-6-18/h5-6,9-10H,3-4,7-8,11-17H2,1-2H3. The first kappa shape index (κ1) is 20.7. The Labute approximate surface area is 167 Å². The zero-order valence-corrected chi connectivity index (χ0v) is 17.1. The molecule has 0 radical (unpaired) electrons. The van der Waals surface area contributed by atoms with Crippen molar-refractivity contribution in [1.29, 1.82) is 0 Å². The van der Waals surface area contributed by atoms with Crippen LogP contribution in [0.3, 0.4) is 0 Å². The van der Waals surface area contributed by atoms with Gasteiger partial charge in [-0.1, -0.05) is 0 Å². The van der Waals surface area contributed by atoms with Gasteiger partial charge in [-0.3, -0.25) is 19.5 Å². The van der Waals surface area contributed by atoms with Crippen molar-refractivity contribution in [3.63, 3.8) is 0 Å². The van der Waals surface area contributed by atoms with Crippen molar-refractivity contribution < 1.29 is 14.3 Å². The Hall–Kier alpha value is -1.99. The Bertz CT molecular complexity index is 669. The number of nitrogens with zero attached hydrogens (tertiary/aromatic N) is 4. The van der Waals surface area contributed by atoms with Crippen molar-refractivity contribution in [2.75, 3.05) is 53.5 Å². The predicted molar refractivity (Wildman–Crippen MR) is 107 cm³/mol. The van der Waals surface area contributed by atoms with Gasteiger partial charge in [-0.25, -0.2) is 0 Å². The number of piperidine rings is 2. The van der Waals surface area contributed by atoms with Gasteiger partial charge >= 0.3 is 0 Å². The predicted octanol–water partition coefficient (Wildman–Crippen LogP) is 1.39. The number of amides is 2. The molecule has 2 fully saturated rings. The molecule has 3 heterocycles. The van der Waals surface area contributed by atoms with Gasteiger partial charge < -0.3 is 14.5 Å². The monoisotopic (exact) mass is 388 g/mol. The third kappa shape index (κ3) is 5.29. The Morgan fingerprint density at radius 3 is 2.82 bits per heavy atom. The minimum absolute atomic E-state index is 0.0277. The van der Waals surface area contributed by atoms with Gasteiger partial charge in [0, 0.05) is 64.1 Å². The fraction of sp³-hybridized carbons (Fsp3) is 0.667. The molecule has 0 N–H and O–H groups in total. The summed E-state index contributed by atoms with van der Waals surface area (Å²) in [6.45, 7) is 4.71. The number of carbonyl (C=O) groups is 2. The van der Waals surface area contributed by atoms with Crippen LogP contribution in [0, 0.1) is 5.41 Å². The largest absolute Gasteiger partial charge is 0.383 e. The van der Waals surface area contributed by atoms with Crippen molar-refractivity contribution in [3.8, 4) is 0 Å². The molecule has 154 valence electrons. The van der Waals surface area contributed by atoms with E-state index in [0.29, 0.717) is 26.1 Å². The number of likely N-dealkylation sites (tertiary alicyclic amines) is 2. The number of carbonyl (C=O) groups excluding carboxylic acids is 2. The Morgan fingerprint density at radius 2 is 2.07 bits per heavy atom. The molecule has 2 saturated heterocycles. The molecule has 0 saturated carbocycles. The second-order valence-electron chi connectivity index (χ2n) is 8.25. The summed E-state index contributed by atoms with van der Waals surface area (Å²) in [6.07, 6.45) is 7.06. The van der Waals surface area contributed by atoms with E-state index in [4.69, 9.17) is 4.74 Å². The third-order valence-corrected chi connectivity index (χ3v) is 5.97. The van der Waals surface area contributed by atoms with Crippen LogP contribution in [0.5, 0.6) is 0 Å². The summed E-state index contributed by atoms with van der Waals surface area (Å²) in [6, 6.07) is 3.92. The van der Waals surface area contributed by atoms with Crippen molar-refractivity contribution in [2.45, 2.75) is 32.2 Å². The summed E-state index contributed by atoms with van der Waals surface area (Å²) in [5.41, 5.74) is 1.13. The molecule has 1 unspecified atom stereocenters. The first-order valence-corrected chi connectivity index (χ1v) is 10.1. The first-order valence-electron chi connectivity index (χ1n) is 10.1. The van der Waals surface area contributed by atoms with Gasteiger partial charge in [0.15, 0.2) is 0 Å². The highest BCUT2D eigenvalue weighted by Crippen LogP contribution is 2.39. The number of rotatable bonds is 7. The summed E-state index contributed by atoms with van der Waals surface area (Å²) < 4.78 is 5.09. The fourth-order valence-corrected chi connectivity index (χ4v) is 4.37. The Morgan fingerprint density at radius 1 is 1.29 bits per heavy atom. The number of hydrogen-bond acceptors (Lipinski definition) is 5. The van der Waals surface area contributed by atoms with Crippen LogP contribution in [0.1, 0.15) is 31.2 Å². The summed E-state index contributed by atoms with van der Waals surface area (Å²) >= 11 is 0. The van der Waals surface area contributed by atoms with Crippen LogP contribution >= 0.6 is 0 Å². The van der Waals surface area contributed by atoms with E-state index in [-0.39, 0.29) is 17.2 Å². The van der Waals surface area contributed by atoms with Crippen molar-refractivity contribution in [3.05, 3.63) is 30.1 Å². The number of ether oxygens (including phenoxy) is 1. The molecule has 0 aromatic carbocycles. The molecule has 1 atom stereocenters. The molecule has 3 rings (SSSR count). The highest BCUT2D eigenvalue weighted by atomic mass is 16.5. The fourth-order valence-electron chi connectivity index (χ4n) is 4.37. The topological polar surface area (TPSA) is 66.0 Å². The zero-order valence-electron chi connectivity index (χ0n) is 17.1. The molecule has 1 spiro atoms. The lowest BCUT2D eigenvalue weighted by Gasteiger charge is -2.48. The molecule has 2 aliphatic heterocycles. The highest BCUT2D eigenvalue weighted by Gasteiger charge is 2.42. The molecule has 1 aromatic rings. The highest BCUT2D eigenvalue weighted by molar-refractivity contribution is 5.79. The molecule has 7 heteroatoms. The van der Waals surface area contributed by atoms with Crippen LogP contribution in [-0.4, -0.2) is 85.0 Å². The average Bonchev–Trinajstić information content (AvgIpc) is 2.70. The van der Waals surface area contributed by atoms with E-state index in [2.05, 4.69) is 4.98 Å². The third-order valence-electron chi connectivity index (χ3n) is 5.97. The van der Waals surface area contributed by atoms with E-state index < -0.39 is 0 Å². The van der Waals surface area contributed by atoms with Crippen molar-refractivity contribution in [1.82, 2.24) is 19.7 Å². The van der Waals surface area contributed by atoms with Crippen LogP contribution in [0.2, 0.25) is 0 Å². The molecule has 28 heavy (non-hydrogen) atoms. The van der Waals surface area contributed by atoms with E-state index in [9.17, 15) is 9.59 Å². The maximum Gasteiger partial charge on any atom is 0.236 e. The Kier molecular flexibility index (Phi) is 7.02. The molecular weight excluding hydrogens is 356 g/mol. The number of pyridine rings is 1. The van der Waals surface area contributed by atoms with Gasteiger partial charge in [0.2, 0.25) is 11.8 Å². The minimum Gasteiger partial charge on any atom is -0.383 e. The minimum atomic E-state index is 0.0277. The van der Waals surface area contributed by atoms with E-state index in [0.717, 1.165) is 51.0 Å². The van der Waals surface area contributed by atoms with E-state index in [1.165, 1.54) is 0 Å². The lowest BCUT2D eigenvalue weighted by molar-refractivity contribution is -0.144. The van der Waals surface area contributed by atoms with E-state index in [1.54, 1.807) is 19.5 Å². The lowest BCUT2D eigenvalue weighted by atomic mass is 9.73. The normalized spacial score (nSPS) is 22.9. The lowest BCUT2D eigenvalue weighted by Crippen LogP contribution is -2.55. The summed E-state index contributed by atoms with van der Waals surface area (Å²) in [7, 11) is 3.62. The van der Waals surface area contributed by atoms with E-state index >= 15 is 0 Å². The van der Waals surface area contributed by atoms with Crippen LogP contribution in [0.25, 0.3) is 0 Å². The van der Waals surface area contributed by atoms with E-state index in [1.807, 2.05) is 33.9 Å². The van der Waals surface area contributed by atoms with Crippen molar-refractivity contribution in [2.24, 2.45) is 5.41 Å². The molecule has 7 nitrogen and oxygen atoms in total. The van der Waals surface area contributed by atoms with Crippen LogP contribution < -0.4 is 0 Å². The van der Waals surface area contributed by atoms with Gasteiger partial charge in [-0.05, 0) is 44.0 Å². The average molecular weight is 389 g/mol. The van der Waals surface area contributed by atoms with Gasteiger partial charge in [0.05, 0.1) is 13.2 Å². The number of hydrogen-bond donors (Lipinski definition) is 0. The molecule has 2 aliphatic rings. The number of aromatic nitrogens is 1. The second-order valence-corrected chi connectivity index (χ2v) is 8.25. The second kappa shape index (κ2) is 9.47. The quantitative estimate of drug-likeness (QED) is 0.706. The molecule has 0 aliphatic carbocycles. The van der Waals surface area contributed by atoms with Gasteiger partial charge in [0.25, 0.3) is 0 Å². The summed E-state index contributed by atoms with van der Waals surface area (Å²) in [5.74, 6) is 0.389. The molecule has 0 bridgehead atoms. The van der Waals surface area contributed by atoms with Crippen molar-refractivity contribution >= 4 is 11.8 Å². The maximum absolute atomic E-state index is 12.8. The molecular formula is C21H32N4O3. The Balaban J connectivity index is 1.61. The first-order chi connectivity index (χ1) is 13.5. The van der Waals surface area contributed by atoms with Crippen LogP contribution in [0.4, 0.5) is 0 Å². The van der Waals surface area contributed by atoms with Crippen LogP contribution in [-0.2, 0) is 20.9 Å². The van der Waals surface area contributed by atoms with Gasteiger partial charge in [-0.2, -0.15) is 0 Å². The maximum atomic E-state index is 12.8. The van der Waals surface area contributed by atoms with Gasteiger partial charge in [-0.15, -0.1) is 0 Å². The number of methoxy groups -OCH3 is 1. The smallest absolute Gasteiger partial charge is 0.236 e. The summed E-state index contributed by atoms with van der Waals surface area (Å²) in [5, 5.41) is 0. The number of likely N-dealkylation sites (N-methyl/N-ethyl adjacent to an activating group) is 1. The van der Waals surface area contributed by atoms with Gasteiger partial charge in [0.1, 0.15) is 0 Å². The molecule has 2 amide bonds. The SMILES string of the molecule is COCCN(C)CC(=O)N1CCCC2(CCC(=O)N(Cc3ccncc3)C2)C1.